The summed E-state index contributed by atoms with van der Waals surface area (Å²) in [5.41, 5.74) is 0.776. The zero-order chi connectivity index (χ0) is 39.9. The van der Waals surface area contributed by atoms with E-state index in [1.165, 1.54) is 24.7 Å². The number of carboxylic acid groups (broad SMARTS) is 1. The van der Waals surface area contributed by atoms with Gasteiger partial charge in [0.05, 0.1) is 19.1 Å². The summed E-state index contributed by atoms with van der Waals surface area (Å²) in [7, 11) is -3.33. The second-order valence-corrected chi connectivity index (χ2v) is 23.3. The lowest BCUT2D eigenvalue weighted by molar-refractivity contribution is -0.250. The molecule has 0 aromatic rings. The van der Waals surface area contributed by atoms with Crippen molar-refractivity contribution in [2.75, 3.05) is 19.3 Å². The maximum atomic E-state index is 14.3. The van der Waals surface area contributed by atoms with Gasteiger partial charge in [0.1, 0.15) is 6.10 Å². The van der Waals surface area contributed by atoms with E-state index < -0.39 is 21.4 Å². The van der Waals surface area contributed by atoms with Gasteiger partial charge >= 0.3 is 11.9 Å². The lowest BCUT2D eigenvalue weighted by Gasteiger charge is -2.73. The van der Waals surface area contributed by atoms with Gasteiger partial charge in [-0.25, -0.2) is 13.1 Å². The maximum Gasteiger partial charge on any atom is 0.306 e. The summed E-state index contributed by atoms with van der Waals surface area (Å²) in [5.74, 6) is 1.37. The van der Waals surface area contributed by atoms with Crippen molar-refractivity contribution in [3.8, 4) is 0 Å². The number of fused-ring (bicyclic) bond motifs is 7. The number of rotatable bonds is 11. The zero-order valence-corrected chi connectivity index (χ0v) is 35.8. The smallest absolute Gasteiger partial charge is 0.306 e. The number of carboxylic acids is 1. The second kappa shape index (κ2) is 14.2. The quantitative estimate of drug-likeness (QED) is 0.159. The van der Waals surface area contributed by atoms with Crippen LogP contribution >= 0.6 is 0 Å². The van der Waals surface area contributed by atoms with Gasteiger partial charge in [-0.05, 0) is 141 Å². The topological polar surface area (TPSA) is 130 Å². The van der Waals surface area contributed by atoms with Crippen molar-refractivity contribution >= 4 is 27.9 Å². The Morgan fingerprint density at radius 2 is 1.59 bits per heavy atom. The SMILES string of the molecule is C=C(C)[C@@H]1CC[C@]2(CC(=O)N3CCC[C@H]3CNS(C)(=O)=O)CC[C@]3(C)[C@H](CC[C@@H]4[C@@]5(C)CC[C@H](OC(=O)CC(C)(C)CC(=O)O)C(C)(C)[C@@H]5CC[C@]43C)[C@@H]12. The van der Waals surface area contributed by atoms with E-state index in [1.807, 2.05) is 18.7 Å². The molecule has 6 rings (SSSR count). The number of esters is 1. The molecule has 0 radical (unpaired) electrons. The van der Waals surface area contributed by atoms with Gasteiger partial charge < -0.3 is 14.7 Å². The first kappa shape index (κ1) is 41.7. The van der Waals surface area contributed by atoms with Crippen LogP contribution in [-0.4, -0.2) is 67.8 Å². The van der Waals surface area contributed by atoms with Crippen molar-refractivity contribution in [1.82, 2.24) is 9.62 Å². The minimum Gasteiger partial charge on any atom is -0.481 e. The number of hydrogen-bond acceptors (Lipinski definition) is 6. The Bertz CT molecular complexity index is 1620. The molecule has 0 spiro atoms. The molecular formula is C44H72N2O7S. The first-order valence-electron chi connectivity index (χ1n) is 21.2. The first-order valence-corrected chi connectivity index (χ1v) is 23.1. The fourth-order valence-electron chi connectivity index (χ4n) is 14.9. The maximum absolute atomic E-state index is 14.3. The number of amides is 1. The molecule has 54 heavy (non-hydrogen) atoms. The molecule has 0 unspecified atom stereocenters. The van der Waals surface area contributed by atoms with Crippen LogP contribution in [0.4, 0.5) is 0 Å². The molecule has 0 aromatic carbocycles. The van der Waals surface area contributed by atoms with Crippen molar-refractivity contribution in [2.45, 2.75) is 164 Å². The van der Waals surface area contributed by atoms with Crippen LogP contribution in [0.25, 0.3) is 0 Å². The number of hydrogen-bond donors (Lipinski definition) is 2. The molecule has 5 aliphatic carbocycles. The van der Waals surface area contributed by atoms with Crippen LogP contribution in [0.15, 0.2) is 12.2 Å². The van der Waals surface area contributed by atoms with Crippen LogP contribution in [-0.2, 0) is 29.1 Å². The Kier molecular flexibility index (Phi) is 10.9. The number of nitrogens with zero attached hydrogens (tertiary/aromatic N) is 1. The molecule has 306 valence electrons. The second-order valence-electron chi connectivity index (χ2n) is 21.5. The highest BCUT2D eigenvalue weighted by Crippen LogP contribution is 2.78. The van der Waals surface area contributed by atoms with E-state index in [0.29, 0.717) is 49.1 Å². The van der Waals surface area contributed by atoms with Crippen LogP contribution in [0.3, 0.4) is 0 Å². The fraction of sp³-hybridized carbons (Fsp3) is 0.886. The van der Waals surface area contributed by atoms with Crippen molar-refractivity contribution in [2.24, 2.45) is 62.1 Å². The Balaban J connectivity index is 1.22. The first-order chi connectivity index (χ1) is 24.9. The van der Waals surface area contributed by atoms with E-state index in [2.05, 4.69) is 52.8 Å². The Hall–Kier alpha value is -1.94. The highest BCUT2D eigenvalue weighted by Gasteiger charge is 2.71. The summed E-state index contributed by atoms with van der Waals surface area (Å²) >= 11 is 0. The number of carbonyl (C=O) groups is 3. The zero-order valence-electron chi connectivity index (χ0n) is 35.0. The van der Waals surface area contributed by atoms with E-state index in [4.69, 9.17) is 4.74 Å². The molecule has 11 atom stereocenters. The predicted molar refractivity (Wildman–Crippen MR) is 212 cm³/mol. The Morgan fingerprint density at radius 1 is 0.889 bits per heavy atom. The molecular weight excluding hydrogens is 701 g/mol. The van der Waals surface area contributed by atoms with Crippen LogP contribution < -0.4 is 4.72 Å². The van der Waals surface area contributed by atoms with E-state index in [1.54, 1.807) is 0 Å². The highest BCUT2D eigenvalue weighted by atomic mass is 32.2. The molecule has 0 bridgehead atoms. The highest BCUT2D eigenvalue weighted by molar-refractivity contribution is 7.88. The minimum atomic E-state index is -3.33. The van der Waals surface area contributed by atoms with Crippen LogP contribution in [0, 0.1) is 62.1 Å². The molecule has 1 aliphatic heterocycles. The van der Waals surface area contributed by atoms with Crippen LogP contribution in [0.2, 0.25) is 0 Å². The molecule has 0 aromatic heterocycles. The molecule has 9 nitrogen and oxygen atoms in total. The van der Waals surface area contributed by atoms with Gasteiger partial charge in [-0.3, -0.25) is 14.4 Å². The van der Waals surface area contributed by atoms with Crippen molar-refractivity contribution in [3.05, 3.63) is 12.2 Å². The minimum absolute atomic E-state index is 0.0461. The van der Waals surface area contributed by atoms with Crippen molar-refractivity contribution < 1.29 is 32.6 Å². The number of ether oxygens (including phenoxy) is 1. The molecule has 6 aliphatic rings. The monoisotopic (exact) mass is 773 g/mol. The lowest BCUT2D eigenvalue weighted by Crippen LogP contribution is -2.67. The van der Waals surface area contributed by atoms with Gasteiger partial charge in [-0.2, -0.15) is 0 Å². The summed E-state index contributed by atoms with van der Waals surface area (Å²) in [6.07, 6.45) is 14.2. The summed E-state index contributed by atoms with van der Waals surface area (Å²) in [6, 6.07) is -0.0776. The largest absolute Gasteiger partial charge is 0.481 e. The standard InChI is InChI=1S/C44H72N2O7S/c1-28(2)30-15-20-44(24-35(47)46-23-11-12-29(46)27-45-54(10,51)52)22-21-42(8)31(38(30)44)13-14-33-41(7)18-17-34(40(5,6)32(41)16-19-43(33,42)9)53-37(50)26-39(3,4)25-36(48)49/h29-34,38,45H,1,11-27H2,2-10H3,(H,48,49)/t29-,30-,31+,32-,33+,34-,38+,41-,42+,43+,44+/m0/s1. The third-order valence-corrected chi connectivity index (χ3v) is 18.2. The Labute approximate surface area is 326 Å². The van der Waals surface area contributed by atoms with Gasteiger partial charge in [0.15, 0.2) is 0 Å². The molecule has 1 heterocycles. The van der Waals surface area contributed by atoms with Gasteiger partial charge in [0, 0.05) is 31.0 Å². The average molecular weight is 773 g/mol. The van der Waals surface area contributed by atoms with Crippen molar-refractivity contribution in [3.63, 3.8) is 0 Å². The van der Waals surface area contributed by atoms with Crippen molar-refractivity contribution in [1.29, 1.82) is 0 Å². The van der Waals surface area contributed by atoms with E-state index in [-0.39, 0.29) is 63.9 Å². The normalized spacial score (nSPS) is 41.6. The van der Waals surface area contributed by atoms with Gasteiger partial charge in [-0.15, -0.1) is 0 Å². The predicted octanol–water partition coefficient (Wildman–Crippen LogP) is 8.38. The van der Waals surface area contributed by atoms with Crippen LogP contribution in [0.5, 0.6) is 0 Å². The number of carbonyl (C=O) groups excluding carboxylic acids is 2. The molecule has 1 saturated heterocycles. The number of aliphatic carboxylic acids is 1. The molecule has 5 saturated carbocycles. The van der Waals surface area contributed by atoms with E-state index in [0.717, 1.165) is 64.2 Å². The van der Waals surface area contributed by atoms with E-state index in [9.17, 15) is 27.9 Å². The summed E-state index contributed by atoms with van der Waals surface area (Å²) in [5, 5.41) is 9.36. The Morgan fingerprint density at radius 3 is 2.24 bits per heavy atom. The summed E-state index contributed by atoms with van der Waals surface area (Å²) in [6.45, 7) is 23.9. The molecule has 1 amide bonds. The van der Waals surface area contributed by atoms with Crippen LogP contribution in [0.1, 0.15) is 152 Å². The number of nitrogens with one attached hydrogen (secondary N) is 1. The van der Waals surface area contributed by atoms with Gasteiger partial charge in [0.25, 0.3) is 0 Å². The molecule has 10 heteroatoms. The van der Waals surface area contributed by atoms with E-state index >= 15 is 0 Å². The fourth-order valence-corrected chi connectivity index (χ4v) is 15.4. The summed E-state index contributed by atoms with van der Waals surface area (Å²) < 4.78 is 32.8. The average Bonchev–Trinajstić information content (AvgIpc) is 3.66. The number of allylic oxidation sites excluding steroid dienone is 1. The molecule has 6 fully saturated rings. The third-order valence-electron chi connectivity index (χ3n) is 17.5. The number of likely N-dealkylation sites (tertiary alicyclic amines) is 1. The van der Waals surface area contributed by atoms with Gasteiger partial charge in [0.2, 0.25) is 15.9 Å². The lowest BCUT2D eigenvalue weighted by atomic mass is 9.32. The molecule has 2 N–H and O–H groups in total. The van der Waals surface area contributed by atoms with Gasteiger partial charge in [-0.1, -0.05) is 60.6 Å². The number of sulfonamides is 1. The third kappa shape index (κ3) is 7.12. The summed E-state index contributed by atoms with van der Waals surface area (Å²) in [4.78, 5) is 41.0.